The number of nitrogens with one attached hydrogen (secondary N) is 2. The number of methoxy groups -OCH3 is 1. The van der Waals surface area contributed by atoms with Crippen LogP contribution in [0.2, 0.25) is 10.0 Å². The van der Waals surface area contributed by atoms with Crippen molar-refractivity contribution in [3.63, 3.8) is 0 Å². The van der Waals surface area contributed by atoms with E-state index in [9.17, 15) is 14.4 Å². The van der Waals surface area contributed by atoms with Gasteiger partial charge in [0.1, 0.15) is 0 Å². The summed E-state index contributed by atoms with van der Waals surface area (Å²) in [4.78, 5) is 39.2. The van der Waals surface area contributed by atoms with Crippen LogP contribution in [0.4, 0.5) is 10.5 Å². The Hall–Kier alpha value is -3.03. The average molecular weight is 476 g/mol. The Balaban J connectivity index is 1.86. The molecule has 3 amide bonds. The van der Waals surface area contributed by atoms with E-state index in [1.165, 1.54) is 24.1 Å². The van der Waals surface area contributed by atoms with Crippen LogP contribution in [0.1, 0.15) is 42.2 Å². The molecule has 0 unspecified atom stereocenters. The van der Waals surface area contributed by atoms with Crippen LogP contribution in [0, 0.1) is 0 Å². The number of carbonyl (C=O) groups is 3. The lowest BCUT2D eigenvalue weighted by molar-refractivity contribution is -0.136. The molecule has 0 fully saturated rings. The monoisotopic (exact) mass is 475 g/mol. The number of ether oxygens (including phenoxy) is 1. The highest BCUT2D eigenvalue weighted by Gasteiger charge is 2.35. The third-order valence-electron chi connectivity index (χ3n) is 5.08. The van der Waals surface area contributed by atoms with Crippen molar-refractivity contribution in [2.24, 2.45) is 0 Å². The van der Waals surface area contributed by atoms with Gasteiger partial charge in [-0.2, -0.15) is 0 Å². The van der Waals surface area contributed by atoms with Crippen molar-refractivity contribution in [1.29, 1.82) is 0 Å². The lowest BCUT2D eigenvalue weighted by atomic mass is 9.94. The second-order valence-corrected chi connectivity index (χ2v) is 8.13. The summed E-state index contributed by atoms with van der Waals surface area (Å²) >= 11 is 11.9. The zero-order chi connectivity index (χ0) is 23.4. The Kier molecular flexibility index (Phi) is 7.43. The first-order valence-electron chi connectivity index (χ1n) is 9.99. The molecule has 2 aromatic carbocycles. The zero-order valence-electron chi connectivity index (χ0n) is 17.9. The average Bonchev–Trinajstić information content (AvgIpc) is 2.75. The van der Waals surface area contributed by atoms with Gasteiger partial charge in [-0.3, -0.25) is 9.69 Å². The summed E-state index contributed by atoms with van der Waals surface area (Å²) in [7, 11) is 1.31. The molecule has 1 aliphatic heterocycles. The zero-order valence-corrected chi connectivity index (χ0v) is 19.4. The predicted octanol–water partition coefficient (Wildman–Crippen LogP) is 5.17. The molecule has 1 aliphatic rings. The number of carbonyl (C=O) groups excluding carboxylic acids is 3. The summed E-state index contributed by atoms with van der Waals surface area (Å²) in [5.41, 5.74) is 2.46. The molecule has 168 valence electrons. The van der Waals surface area contributed by atoms with Crippen LogP contribution in [-0.2, 0) is 9.53 Å². The molecule has 32 heavy (non-hydrogen) atoms. The van der Waals surface area contributed by atoms with Gasteiger partial charge in [0.2, 0.25) is 0 Å². The minimum absolute atomic E-state index is 0.280. The van der Waals surface area contributed by atoms with Gasteiger partial charge >= 0.3 is 12.0 Å². The van der Waals surface area contributed by atoms with Crippen molar-refractivity contribution < 1.29 is 19.1 Å². The van der Waals surface area contributed by atoms with E-state index < -0.39 is 12.0 Å². The molecular formula is C23H23Cl2N3O4. The summed E-state index contributed by atoms with van der Waals surface area (Å²) < 4.78 is 4.96. The number of hydrogen-bond donors (Lipinski definition) is 2. The minimum Gasteiger partial charge on any atom is -0.466 e. The van der Waals surface area contributed by atoms with E-state index in [4.69, 9.17) is 27.9 Å². The van der Waals surface area contributed by atoms with Gasteiger partial charge in [0.25, 0.3) is 5.91 Å². The first kappa shape index (κ1) is 23.6. The maximum atomic E-state index is 12.6. The quantitative estimate of drug-likeness (QED) is 0.564. The third-order valence-corrected chi connectivity index (χ3v) is 5.51. The normalized spacial score (nSPS) is 16.0. The van der Waals surface area contributed by atoms with Gasteiger partial charge in [-0.05, 0) is 49.2 Å². The number of hydrogen-bond acceptors (Lipinski definition) is 4. The van der Waals surface area contributed by atoms with E-state index in [0.717, 1.165) is 6.42 Å². The van der Waals surface area contributed by atoms with Crippen LogP contribution in [0.25, 0.3) is 0 Å². The predicted molar refractivity (Wildman–Crippen MR) is 124 cm³/mol. The number of benzene rings is 2. The van der Waals surface area contributed by atoms with Crippen molar-refractivity contribution >= 4 is 46.8 Å². The third kappa shape index (κ3) is 5.06. The minimum atomic E-state index is -0.667. The number of amides is 3. The molecule has 0 aliphatic carbocycles. The largest absolute Gasteiger partial charge is 0.466 e. The highest BCUT2D eigenvalue weighted by Crippen LogP contribution is 2.32. The molecule has 0 saturated heterocycles. The van der Waals surface area contributed by atoms with Crippen LogP contribution in [0.5, 0.6) is 0 Å². The second kappa shape index (κ2) is 10.1. The summed E-state index contributed by atoms with van der Waals surface area (Å²) in [5, 5.41) is 6.37. The van der Waals surface area contributed by atoms with Crippen LogP contribution in [-0.4, -0.2) is 36.5 Å². The molecule has 0 aromatic heterocycles. The van der Waals surface area contributed by atoms with E-state index in [2.05, 4.69) is 10.6 Å². The van der Waals surface area contributed by atoms with E-state index in [1.54, 1.807) is 37.3 Å². The molecule has 9 heteroatoms. The molecule has 1 atom stereocenters. The van der Waals surface area contributed by atoms with Crippen LogP contribution >= 0.6 is 23.2 Å². The number of esters is 1. The Bertz CT molecular complexity index is 1060. The summed E-state index contributed by atoms with van der Waals surface area (Å²) in [6, 6.07) is 10.5. The number of rotatable bonds is 6. The number of allylic oxidation sites excluding steroid dienone is 1. The number of halogens is 2. The number of nitrogens with zero attached hydrogens (tertiary/aromatic N) is 1. The van der Waals surface area contributed by atoms with Crippen LogP contribution < -0.4 is 10.6 Å². The maximum Gasteiger partial charge on any atom is 0.337 e. The SMILES string of the molecule is CCCN1C(=O)N[C@@H](c2ccc(NC(=O)c3cc(Cl)cc(Cl)c3)cc2)C(C(=O)OC)=C1C. The Morgan fingerprint density at radius 3 is 2.31 bits per heavy atom. The summed E-state index contributed by atoms with van der Waals surface area (Å²) in [6.07, 6.45) is 0.746. The van der Waals surface area contributed by atoms with Gasteiger partial charge in [-0.25, -0.2) is 9.59 Å². The van der Waals surface area contributed by atoms with Gasteiger partial charge in [0.05, 0.1) is 18.7 Å². The fourth-order valence-corrected chi connectivity index (χ4v) is 4.07. The highest BCUT2D eigenvalue weighted by atomic mass is 35.5. The molecule has 0 saturated carbocycles. The molecule has 0 bridgehead atoms. The van der Waals surface area contributed by atoms with Gasteiger partial charge in [-0.15, -0.1) is 0 Å². The molecule has 3 rings (SSSR count). The van der Waals surface area contributed by atoms with Crippen molar-refractivity contribution in [1.82, 2.24) is 10.2 Å². The van der Waals surface area contributed by atoms with Gasteiger partial charge in [0.15, 0.2) is 0 Å². The fraction of sp³-hybridized carbons (Fsp3) is 0.261. The molecule has 7 nitrogen and oxygen atoms in total. The fourth-order valence-electron chi connectivity index (χ4n) is 3.55. The molecular weight excluding hydrogens is 453 g/mol. The smallest absolute Gasteiger partial charge is 0.337 e. The van der Waals surface area contributed by atoms with E-state index in [-0.39, 0.29) is 11.9 Å². The topological polar surface area (TPSA) is 87.7 Å². The van der Waals surface area contributed by atoms with E-state index in [0.29, 0.717) is 44.7 Å². The van der Waals surface area contributed by atoms with Gasteiger partial charge < -0.3 is 15.4 Å². The van der Waals surface area contributed by atoms with E-state index in [1.807, 2.05) is 6.92 Å². The number of urea groups is 1. The van der Waals surface area contributed by atoms with Gasteiger partial charge in [-0.1, -0.05) is 42.3 Å². The van der Waals surface area contributed by atoms with Gasteiger partial charge in [0, 0.05) is 33.5 Å². The molecule has 1 heterocycles. The standard InChI is InChI=1S/C23H23Cl2N3O4/c1-4-9-28-13(2)19(22(30)32-3)20(27-23(28)31)14-5-7-18(8-6-14)26-21(29)15-10-16(24)12-17(25)11-15/h5-8,10-12,20H,4,9H2,1-3H3,(H,26,29)(H,27,31)/t20-/m0/s1. The highest BCUT2D eigenvalue weighted by molar-refractivity contribution is 6.35. The summed E-state index contributed by atoms with van der Waals surface area (Å²) in [6.45, 7) is 4.18. The van der Waals surface area contributed by atoms with E-state index >= 15 is 0 Å². The molecule has 0 radical (unpaired) electrons. The van der Waals surface area contributed by atoms with Crippen molar-refractivity contribution in [2.75, 3.05) is 19.0 Å². The lowest BCUT2D eigenvalue weighted by Crippen LogP contribution is -2.48. The van der Waals surface area contributed by atoms with Crippen molar-refractivity contribution in [3.8, 4) is 0 Å². The van der Waals surface area contributed by atoms with Crippen molar-refractivity contribution in [2.45, 2.75) is 26.3 Å². The molecule has 0 spiro atoms. The first-order valence-corrected chi connectivity index (χ1v) is 10.7. The maximum absolute atomic E-state index is 12.6. The van der Waals surface area contributed by atoms with Crippen molar-refractivity contribution in [3.05, 3.63) is 74.9 Å². The Morgan fingerprint density at radius 1 is 1.12 bits per heavy atom. The summed E-state index contributed by atoms with van der Waals surface area (Å²) in [5.74, 6) is -0.877. The Labute approximate surface area is 196 Å². The van der Waals surface area contributed by atoms with Crippen LogP contribution in [0.15, 0.2) is 53.7 Å². The van der Waals surface area contributed by atoms with Crippen LogP contribution in [0.3, 0.4) is 0 Å². The lowest BCUT2D eigenvalue weighted by Gasteiger charge is -2.35. The molecule has 2 aromatic rings. The number of anilines is 1. The first-order chi connectivity index (χ1) is 15.2. The molecule has 2 N–H and O–H groups in total. The Morgan fingerprint density at radius 2 is 1.75 bits per heavy atom. The second-order valence-electron chi connectivity index (χ2n) is 7.26.